The van der Waals surface area contributed by atoms with Crippen molar-refractivity contribution in [3.05, 3.63) is 18.0 Å². The van der Waals surface area contributed by atoms with Gasteiger partial charge in [-0.1, -0.05) is 12.8 Å². The molecule has 0 amide bonds. The molecular weight excluding hydrogens is 266 g/mol. The van der Waals surface area contributed by atoms with Crippen LogP contribution in [0.4, 0.5) is 0 Å². The van der Waals surface area contributed by atoms with Gasteiger partial charge < -0.3 is 5.11 Å². The second-order valence-electron chi connectivity index (χ2n) is 6.80. The molecule has 0 aromatic carbocycles. The van der Waals surface area contributed by atoms with Crippen LogP contribution in [0.5, 0.6) is 0 Å². The number of carbonyl (C=O) groups is 1. The summed E-state index contributed by atoms with van der Waals surface area (Å²) in [5.74, 6) is -0.0966. The van der Waals surface area contributed by atoms with Gasteiger partial charge in [-0.15, -0.1) is 0 Å². The van der Waals surface area contributed by atoms with Crippen LogP contribution in [-0.4, -0.2) is 37.8 Å². The second-order valence-corrected chi connectivity index (χ2v) is 6.80. The number of carboxylic acids is 1. The van der Waals surface area contributed by atoms with Crippen molar-refractivity contribution in [2.75, 3.05) is 0 Å². The molecule has 1 aromatic heterocycles. The Kier molecular flexibility index (Phi) is 4.02. The highest BCUT2D eigenvalue weighted by Gasteiger charge is 2.45. The molecular formula is C16H25N3O2. The van der Waals surface area contributed by atoms with Crippen LogP contribution in [0.25, 0.3) is 0 Å². The lowest BCUT2D eigenvalue weighted by Gasteiger charge is -2.32. The molecule has 1 saturated heterocycles. The first-order valence-corrected chi connectivity index (χ1v) is 8.08. The van der Waals surface area contributed by atoms with Crippen LogP contribution < -0.4 is 0 Å². The highest BCUT2D eigenvalue weighted by atomic mass is 16.4. The van der Waals surface area contributed by atoms with Gasteiger partial charge in [-0.3, -0.25) is 14.4 Å². The third-order valence-corrected chi connectivity index (χ3v) is 5.06. The van der Waals surface area contributed by atoms with E-state index in [1.54, 1.807) is 0 Å². The van der Waals surface area contributed by atoms with E-state index in [0.29, 0.717) is 24.5 Å². The van der Waals surface area contributed by atoms with Crippen molar-refractivity contribution in [3.8, 4) is 0 Å². The zero-order valence-corrected chi connectivity index (χ0v) is 12.9. The van der Waals surface area contributed by atoms with Crippen molar-refractivity contribution < 1.29 is 9.90 Å². The predicted molar refractivity (Wildman–Crippen MR) is 79.9 cm³/mol. The molecule has 3 unspecified atom stereocenters. The molecule has 2 aliphatic rings. The molecule has 1 saturated carbocycles. The van der Waals surface area contributed by atoms with Crippen LogP contribution in [0.15, 0.2) is 12.4 Å². The molecule has 1 N–H and O–H groups in total. The number of rotatable bonds is 4. The van der Waals surface area contributed by atoms with Crippen molar-refractivity contribution in [2.45, 2.75) is 70.6 Å². The predicted octanol–water partition coefficient (Wildman–Crippen LogP) is 2.68. The number of fused-ring (bicyclic) bond motifs is 1. The SMILES string of the molecule is CC(C)n1cc(CN2C(C(=O)O)CC3CCCCC32)cn1. The van der Waals surface area contributed by atoms with E-state index in [4.69, 9.17) is 0 Å². The third kappa shape index (κ3) is 2.84. The number of nitrogens with zero attached hydrogens (tertiary/aromatic N) is 3. The van der Waals surface area contributed by atoms with Gasteiger partial charge in [0.25, 0.3) is 0 Å². The Morgan fingerprint density at radius 3 is 2.86 bits per heavy atom. The van der Waals surface area contributed by atoms with Crippen LogP contribution in [-0.2, 0) is 11.3 Å². The summed E-state index contributed by atoms with van der Waals surface area (Å²) in [7, 11) is 0. The van der Waals surface area contributed by atoms with Crippen molar-refractivity contribution >= 4 is 5.97 Å². The molecule has 3 atom stereocenters. The summed E-state index contributed by atoms with van der Waals surface area (Å²) in [6.07, 6.45) is 9.58. The van der Waals surface area contributed by atoms with Gasteiger partial charge in [-0.05, 0) is 39.0 Å². The minimum atomic E-state index is -0.666. The molecule has 2 fully saturated rings. The smallest absolute Gasteiger partial charge is 0.320 e. The molecule has 5 heteroatoms. The highest BCUT2D eigenvalue weighted by Crippen LogP contribution is 2.40. The van der Waals surface area contributed by atoms with Gasteiger partial charge in [-0.2, -0.15) is 5.10 Å². The first-order chi connectivity index (χ1) is 10.1. The minimum absolute atomic E-state index is 0.319. The zero-order chi connectivity index (χ0) is 15.0. The van der Waals surface area contributed by atoms with E-state index in [1.165, 1.54) is 19.3 Å². The topological polar surface area (TPSA) is 58.4 Å². The van der Waals surface area contributed by atoms with Crippen LogP contribution in [0.2, 0.25) is 0 Å². The number of carboxylic acid groups (broad SMARTS) is 1. The van der Waals surface area contributed by atoms with Crippen molar-refractivity contribution in [2.24, 2.45) is 5.92 Å². The third-order valence-electron chi connectivity index (χ3n) is 5.06. The molecule has 1 aromatic rings. The van der Waals surface area contributed by atoms with Gasteiger partial charge in [0.05, 0.1) is 6.20 Å². The number of hydrogen-bond acceptors (Lipinski definition) is 3. The van der Waals surface area contributed by atoms with Gasteiger partial charge >= 0.3 is 5.97 Å². The summed E-state index contributed by atoms with van der Waals surface area (Å²) in [5, 5.41) is 13.9. The number of aromatic nitrogens is 2. The number of likely N-dealkylation sites (tertiary alicyclic amines) is 1. The largest absolute Gasteiger partial charge is 0.480 e. The van der Waals surface area contributed by atoms with E-state index >= 15 is 0 Å². The summed E-state index contributed by atoms with van der Waals surface area (Å²) < 4.78 is 1.94. The van der Waals surface area contributed by atoms with E-state index in [-0.39, 0.29) is 6.04 Å². The monoisotopic (exact) mass is 291 g/mol. The molecule has 2 heterocycles. The van der Waals surface area contributed by atoms with E-state index < -0.39 is 5.97 Å². The maximum Gasteiger partial charge on any atom is 0.320 e. The van der Waals surface area contributed by atoms with E-state index in [2.05, 4.69) is 30.0 Å². The second kappa shape index (κ2) is 5.79. The molecule has 21 heavy (non-hydrogen) atoms. The van der Waals surface area contributed by atoms with Crippen LogP contribution >= 0.6 is 0 Å². The Morgan fingerprint density at radius 2 is 2.19 bits per heavy atom. The van der Waals surface area contributed by atoms with Gasteiger partial charge in [0.1, 0.15) is 6.04 Å². The maximum absolute atomic E-state index is 11.6. The average Bonchev–Trinajstić information content (AvgIpc) is 3.05. The Morgan fingerprint density at radius 1 is 1.43 bits per heavy atom. The summed E-state index contributed by atoms with van der Waals surface area (Å²) >= 11 is 0. The van der Waals surface area contributed by atoms with Crippen molar-refractivity contribution in [1.82, 2.24) is 14.7 Å². The fraction of sp³-hybridized carbons (Fsp3) is 0.750. The molecule has 0 radical (unpaired) electrons. The Hall–Kier alpha value is -1.36. The number of hydrogen-bond donors (Lipinski definition) is 1. The van der Waals surface area contributed by atoms with Crippen LogP contribution in [0, 0.1) is 5.92 Å². The highest BCUT2D eigenvalue weighted by molar-refractivity contribution is 5.74. The van der Waals surface area contributed by atoms with E-state index in [0.717, 1.165) is 18.4 Å². The lowest BCUT2D eigenvalue weighted by atomic mass is 9.85. The van der Waals surface area contributed by atoms with Crippen molar-refractivity contribution in [3.63, 3.8) is 0 Å². The fourth-order valence-corrected chi connectivity index (χ4v) is 3.98. The van der Waals surface area contributed by atoms with E-state index in [1.807, 2.05) is 10.9 Å². The van der Waals surface area contributed by atoms with Gasteiger partial charge in [0.15, 0.2) is 0 Å². The van der Waals surface area contributed by atoms with Gasteiger partial charge in [0.2, 0.25) is 0 Å². The molecule has 116 valence electrons. The summed E-state index contributed by atoms with van der Waals surface area (Å²) in [5.41, 5.74) is 1.13. The summed E-state index contributed by atoms with van der Waals surface area (Å²) in [6.45, 7) is 4.92. The van der Waals surface area contributed by atoms with Gasteiger partial charge in [-0.25, -0.2) is 0 Å². The average molecular weight is 291 g/mol. The molecule has 5 nitrogen and oxygen atoms in total. The summed E-state index contributed by atoms with van der Waals surface area (Å²) in [4.78, 5) is 13.8. The van der Waals surface area contributed by atoms with Gasteiger partial charge in [0, 0.05) is 30.4 Å². The number of aliphatic carboxylic acids is 1. The quantitative estimate of drug-likeness (QED) is 0.926. The van der Waals surface area contributed by atoms with Crippen LogP contribution in [0.3, 0.4) is 0 Å². The summed E-state index contributed by atoms with van der Waals surface area (Å²) in [6, 6.07) is 0.470. The zero-order valence-electron chi connectivity index (χ0n) is 12.9. The molecule has 1 aliphatic heterocycles. The Balaban J connectivity index is 1.78. The fourth-order valence-electron chi connectivity index (χ4n) is 3.98. The lowest BCUT2D eigenvalue weighted by molar-refractivity contribution is -0.142. The Labute approximate surface area is 125 Å². The first-order valence-electron chi connectivity index (χ1n) is 8.08. The maximum atomic E-state index is 11.6. The van der Waals surface area contributed by atoms with Crippen LogP contribution in [0.1, 0.15) is 57.6 Å². The molecule has 3 rings (SSSR count). The minimum Gasteiger partial charge on any atom is -0.480 e. The standard InChI is InChI=1S/C16H25N3O2/c1-11(2)19-10-12(8-17-19)9-18-14-6-4-3-5-13(14)7-15(18)16(20)21/h8,10-11,13-15H,3-7,9H2,1-2H3,(H,20,21). The normalized spacial score (nSPS) is 29.8. The molecule has 0 bridgehead atoms. The Bertz CT molecular complexity index is 511. The van der Waals surface area contributed by atoms with Crippen molar-refractivity contribution in [1.29, 1.82) is 0 Å². The molecule has 1 aliphatic carbocycles. The first kappa shape index (κ1) is 14.6. The lowest BCUT2D eigenvalue weighted by Crippen LogP contribution is -2.41. The van der Waals surface area contributed by atoms with E-state index in [9.17, 15) is 9.90 Å². The molecule has 0 spiro atoms.